The van der Waals surface area contributed by atoms with Crippen molar-refractivity contribution in [2.75, 3.05) is 0 Å². The van der Waals surface area contributed by atoms with Gasteiger partial charge in [-0.3, -0.25) is 9.48 Å². The summed E-state index contributed by atoms with van der Waals surface area (Å²) in [5, 5.41) is 7.46. The number of thiophene rings is 1. The first-order valence-corrected chi connectivity index (χ1v) is 7.63. The van der Waals surface area contributed by atoms with Crippen LogP contribution in [0.2, 0.25) is 0 Å². The number of rotatable bonds is 4. The fourth-order valence-electron chi connectivity index (χ4n) is 2.31. The molecule has 0 aliphatic rings. The minimum atomic E-state index is -0.267. The highest BCUT2D eigenvalue weighted by molar-refractivity contribution is 7.17. The summed E-state index contributed by atoms with van der Waals surface area (Å²) in [7, 11) is 0. The van der Waals surface area contributed by atoms with Crippen molar-refractivity contribution in [1.29, 1.82) is 0 Å². The molecule has 0 amide bonds. The monoisotopic (exact) mass is 300 g/mol. The van der Waals surface area contributed by atoms with Gasteiger partial charge in [0, 0.05) is 16.0 Å². The summed E-state index contributed by atoms with van der Waals surface area (Å²) in [6.07, 6.45) is 0. The Morgan fingerprint density at radius 2 is 2.14 bits per heavy atom. The molecular formula is C16H16N2O2S. The third-order valence-electron chi connectivity index (χ3n) is 3.33. The second kappa shape index (κ2) is 5.69. The van der Waals surface area contributed by atoms with Crippen LogP contribution >= 0.6 is 11.3 Å². The second-order valence-corrected chi connectivity index (χ2v) is 5.91. The molecule has 2 heterocycles. The van der Waals surface area contributed by atoms with Gasteiger partial charge in [-0.1, -0.05) is 18.2 Å². The molecule has 0 spiro atoms. The molecule has 0 atom stereocenters. The fraction of sp³-hybridized carbons (Fsp3) is 0.250. The van der Waals surface area contributed by atoms with Crippen molar-refractivity contribution in [3.05, 3.63) is 52.7 Å². The highest BCUT2D eigenvalue weighted by Gasteiger charge is 2.10. The van der Waals surface area contributed by atoms with E-state index < -0.39 is 0 Å². The Balaban J connectivity index is 1.65. The van der Waals surface area contributed by atoms with Crippen molar-refractivity contribution >= 4 is 27.4 Å². The van der Waals surface area contributed by atoms with Crippen LogP contribution in [0.5, 0.6) is 0 Å². The Morgan fingerprint density at radius 1 is 1.33 bits per heavy atom. The van der Waals surface area contributed by atoms with Crippen LogP contribution < -0.4 is 0 Å². The predicted octanol–water partition coefficient (Wildman–Crippen LogP) is 3.46. The Labute approximate surface area is 127 Å². The van der Waals surface area contributed by atoms with Gasteiger partial charge in [0.05, 0.1) is 5.69 Å². The molecule has 4 nitrogen and oxygen atoms in total. The van der Waals surface area contributed by atoms with Gasteiger partial charge in [0.15, 0.2) is 0 Å². The Kier molecular flexibility index (Phi) is 3.75. The van der Waals surface area contributed by atoms with Gasteiger partial charge in [0.1, 0.15) is 13.2 Å². The van der Waals surface area contributed by atoms with E-state index in [0.29, 0.717) is 6.61 Å². The van der Waals surface area contributed by atoms with Crippen LogP contribution in [-0.4, -0.2) is 15.7 Å². The summed E-state index contributed by atoms with van der Waals surface area (Å²) in [5.41, 5.74) is 2.92. The minimum absolute atomic E-state index is 0.155. The molecule has 0 unspecified atom stereocenters. The summed E-state index contributed by atoms with van der Waals surface area (Å²) < 4.78 is 8.25. The number of esters is 1. The van der Waals surface area contributed by atoms with Crippen LogP contribution in [0.25, 0.3) is 10.1 Å². The van der Waals surface area contributed by atoms with E-state index in [2.05, 4.69) is 17.2 Å². The van der Waals surface area contributed by atoms with Gasteiger partial charge in [-0.2, -0.15) is 5.10 Å². The molecule has 0 N–H and O–H groups in total. The average Bonchev–Trinajstić information content (AvgIpc) is 3.00. The lowest BCUT2D eigenvalue weighted by molar-refractivity contribution is -0.145. The van der Waals surface area contributed by atoms with Crippen molar-refractivity contribution < 1.29 is 9.53 Å². The Hall–Kier alpha value is -2.14. The molecule has 0 saturated heterocycles. The number of carbonyl (C=O) groups excluding carboxylic acids is 1. The lowest BCUT2D eigenvalue weighted by Crippen LogP contribution is -2.15. The quantitative estimate of drug-likeness (QED) is 0.693. The Morgan fingerprint density at radius 3 is 2.90 bits per heavy atom. The average molecular weight is 300 g/mol. The van der Waals surface area contributed by atoms with Crippen molar-refractivity contribution in [1.82, 2.24) is 9.78 Å². The van der Waals surface area contributed by atoms with Gasteiger partial charge in [0.2, 0.25) is 0 Å². The van der Waals surface area contributed by atoms with Crippen molar-refractivity contribution in [3.8, 4) is 0 Å². The number of aromatic nitrogens is 2. The van der Waals surface area contributed by atoms with Crippen molar-refractivity contribution in [2.24, 2.45) is 0 Å². The summed E-state index contributed by atoms with van der Waals surface area (Å²) in [6, 6.07) is 10.1. The molecule has 108 valence electrons. The number of benzene rings is 1. The maximum absolute atomic E-state index is 11.9. The molecule has 3 aromatic rings. The molecule has 0 aliphatic carbocycles. The molecule has 0 saturated carbocycles. The molecule has 0 aliphatic heterocycles. The van der Waals surface area contributed by atoms with Gasteiger partial charge >= 0.3 is 5.97 Å². The van der Waals surface area contributed by atoms with E-state index in [0.717, 1.165) is 22.3 Å². The molecule has 0 fully saturated rings. The zero-order chi connectivity index (χ0) is 14.8. The highest BCUT2D eigenvalue weighted by Crippen LogP contribution is 2.26. The number of carbonyl (C=O) groups is 1. The number of aryl methyl sites for hydroxylation is 2. The third kappa shape index (κ3) is 2.97. The van der Waals surface area contributed by atoms with E-state index in [9.17, 15) is 4.79 Å². The van der Waals surface area contributed by atoms with E-state index in [1.165, 1.54) is 4.70 Å². The molecule has 0 bridgehead atoms. The van der Waals surface area contributed by atoms with Crippen LogP contribution in [0.15, 0.2) is 35.7 Å². The third-order valence-corrected chi connectivity index (χ3v) is 4.34. The van der Waals surface area contributed by atoms with E-state index in [-0.39, 0.29) is 12.5 Å². The summed E-state index contributed by atoms with van der Waals surface area (Å²) in [6.45, 7) is 4.30. The molecule has 3 rings (SSSR count). The maximum atomic E-state index is 11.9. The van der Waals surface area contributed by atoms with Crippen LogP contribution in [0.1, 0.15) is 17.0 Å². The molecule has 1 aromatic carbocycles. The fourth-order valence-corrected chi connectivity index (χ4v) is 3.25. The second-order valence-electron chi connectivity index (χ2n) is 5.00. The molecule has 2 aromatic heterocycles. The minimum Gasteiger partial charge on any atom is -0.459 e. The summed E-state index contributed by atoms with van der Waals surface area (Å²) in [4.78, 5) is 11.9. The highest BCUT2D eigenvalue weighted by atomic mass is 32.1. The van der Waals surface area contributed by atoms with Gasteiger partial charge in [-0.05, 0) is 36.7 Å². The largest absolute Gasteiger partial charge is 0.459 e. The number of hydrogen-bond donors (Lipinski definition) is 0. The van der Waals surface area contributed by atoms with Crippen LogP contribution in [0, 0.1) is 13.8 Å². The first-order valence-electron chi connectivity index (χ1n) is 6.75. The molecule has 21 heavy (non-hydrogen) atoms. The molecular weight excluding hydrogens is 284 g/mol. The SMILES string of the molecule is Cc1cc(C)n(CC(=O)OCc2csc3ccccc23)n1. The summed E-state index contributed by atoms with van der Waals surface area (Å²) in [5.74, 6) is -0.267. The maximum Gasteiger partial charge on any atom is 0.328 e. The van der Waals surface area contributed by atoms with E-state index in [4.69, 9.17) is 4.74 Å². The van der Waals surface area contributed by atoms with Gasteiger partial charge in [-0.25, -0.2) is 0 Å². The first kappa shape index (κ1) is 13.8. The van der Waals surface area contributed by atoms with E-state index >= 15 is 0 Å². The van der Waals surface area contributed by atoms with Crippen molar-refractivity contribution in [3.63, 3.8) is 0 Å². The van der Waals surface area contributed by atoms with Gasteiger partial charge in [-0.15, -0.1) is 11.3 Å². The molecule has 0 radical (unpaired) electrons. The zero-order valence-corrected chi connectivity index (χ0v) is 12.8. The van der Waals surface area contributed by atoms with Gasteiger partial charge in [0.25, 0.3) is 0 Å². The topological polar surface area (TPSA) is 44.1 Å². The van der Waals surface area contributed by atoms with Crippen LogP contribution in [0.4, 0.5) is 0 Å². The summed E-state index contributed by atoms with van der Waals surface area (Å²) >= 11 is 1.67. The number of fused-ring (bicyclic) bond motifs is 1. The smallest absolute Gasteiger partial charge is 0.328 e. The van der Waals surface area contributed by atoms with Crippen LogP contribution in [-0.2, 0) is 22.7 Å². The standard InChI is InChI=1S/C16H16N2O2S/c1-11-7-12(2)18(17-11)8-16(19)20-9-13-10-21-15-6-4-3-5-14(13)15/h3-7,10H,8-9H2,1-2H3. The van der Waals surface area contributed by atoms with E-state index in [1.54, 1.807) is 16.0 Å². The van der Waals surface area contributed by atoms with E-state index in [1.807, 2.05) is 37.4 Å². The normalized spacial score (nSPS) is 11.0. The lowest BCUT2D eigenvalue weighted by Gasteiger charge is -2.06. The zero-order valence-electron chi connectivity index (χ0n) is 12.0. The molecule has 5 heteroatoms. The van der Waals surface area contributed by atoms with Crippen molar-refractivity contribution in [2.45, 2.75) is 27.0 Å². The number of ether oxygens (including phenoxy) is 1. The van der Waals surface area contributed by atoms with Crippen LogP contribution in [0.3, 0.4) is 0 Å². The predicted molar refractivity (Wildman–Crippen MR) is 83.3 cm³/mol. The lowest BCUT2D eigenvalue weighted by atomic mass is 10.2. The Bertz CT molecular complexity index is 789. The number of nitrogens with zero attached hydrogens (tertiary/aromatic N) is 2. The van der Waals surface area contributed by atoms with Gasteiger partial charge < -0.3 is 4.74 Å². The first-order chi connectivity index (χ1) is 10.1. The number of hydrogen-bond acceptors (Lipinski definition) is 4.